The minimum absolute atomic E-state index is 0.0534. The quantitative estimate of drug-likeness (QED) is 0.748. The van der Waals surface area contributed by atoms with E-state index in [9.17, 15) is 5.11 Å². The van der Waals surface area contributed by atoms with E-state index in [2.05, 4.69) is 37.7 Å². The third kappa shape index (κ3) is 4.56. The van der Waals surface area contributed by atoms with Gasteiger partial charge in [0.2, 0.25) is 0 Å². The van der Waals surface area contributed by atoms with E-state index < -0.39 is 5.54 Å². The van der Waals surface area contributed by atoms with Crippen LogP contribution >= 0.6 is 0 Å². The highest BCUT2D eigenvalue weighted by Crippen LogP contribution is 2.20. The smallest absolute Gasteiger partial charge is 0.0773 e. The summed E-state index contributed by atoms with van der Waals surface area (Å²) in [6.07, 6.45) is 0. The van der Waals surface area contributed by atoms with E-state index in [0.29, 0.717) is 12.6 Å². The zero-order valence-electron chi connectivity index (χ0n) is 13.2. The summed E-state index contributed by atoms with van der Waals surface area (Å²) in [5, 5.41) is 9.78. The third-order valence-corrected chi connectivity index (χ3v) is 3.77. The molecule has 0 bridgehead atoms. The Morgan fingerprint density at radius 1 is 1.25 bits per heavy atom. The molecule has 0 aliphatic rings. The van der Waals surface area contributed by atoms with Gasteiger partial charge in [-0.3, -0.25) is 4.90 Å². The van der Waals surface area contributed by atoms with E-state index in [1.165, 1.54) is 0 Å². The van der Waals surface area contributed by atoms with Crippen LogP contribution in [0.1, 0.15) is 19.4 Å². The molecule has 2 unspecified atom stereocenters. The van der Waals surface area contributed by atoms with E-state index in [0.717, 1.165) is 18.7 Å². The van der Waals surface area contributed by atoms with Gasteiger partial charge in [-0.1, -0.05) is 37.3 Å². The molecule has 0 radical (unpaired) electrons. The van der Waals surface area contributed by atoms with E-state index in [1.54, 1.807) is 0 Å². The summed E-state index contributed by atoms with van der Waals surface area (Å²) in [5.41, 5.74) is 6.73. The van der Waals surface area contributed by atoms with Crippen molar-refractivity contribution < 1.29 is 5.11 Å². The first-order valence-electron chi connectivity index (χ1n) is 7.27. The van der Waals surface area contributed by atoms with Gasteiger partial charge in [0.05, 0.1) is 12.1 Å². The summed E-state index contributed by atoms with van der Waals surface area (Å²) in [5.74, 6) is 0. The predicted molar refractivity (Wildman–Crippen MR) is 84.7 cm³/mol. The number of nitrogens with two attached hydrogens (primary N) is 1. The molecule has 114 valence electrons. The van der Waals surface area contributed by atoms with Crippen molar-refractivity contribution in [2.45, 2.75) is 25.4 Å². The number of likely N-dealkylation sites (N-methyl/N-ethyl adjacent to an activating group) is 2. The van der Waals surface area contributed by atoms with Crippen LogP contribution in [-0.4, -0.2) is 61.3 Å². The van der Waals surface area contributed by atoms with Crippen LogP contribution in [0.3, 0.4) is 0 Å². The molecule has 4 heteroatoms. The van der Waals surface area contributed by atoms with Crippen molar-refractivity contribution in [1.29, 1.82) is 0 Å². The highest BCUT2D eigenvalue weighted by molar-refractivity contribution is 5.24. The molecule has 0 fully saturated rings. The van der Waals surface area contributed by atoms with E-state index >= 15 is 0 Å². The van der Waals surface area contributed by atoms with Gasteiger partial charge < -0.3 is 15.7 Å². The number of aliphatic hydroxyl groups excluding tert-OH is 1. The van der Waals surface area contributed by atoms with Crippen molar-refractivity contribution in [1.82, 2.24) is 9.80 Å². The van der Waals surface area contributed by atoms with Crippen LogP contribution in [0.2, 0.25) is 0 Å². The van der Waals surface area contributed by atoms with Crippen LogP contribution in [0.4, 0.5) is 0 Å². The molecule has 4 nitrogen and oxygen atoms in total. The van der Waals surface area contributed by atoms with E-state index in [4.69, 9.17) is 5.73 Å². The first-order chi connectivity index (χ1) is 9.42. The second kappa shape index (κ2) is 7.74. The molecule has 0 aliphatic carbocycles. The summed E-state index contributed by atoms with van der Waals surface area (Å²) in [6, 6.07) is 10.3. The molecule has 0 saturated carbocycles. The van der Waals surface area contributed by atoms with Crippen LogP contribution < -0.4 is 5.73 Å². The van der Waals surface area contributed by atoms with Gasteiger partial charge in [-0.2, -0.15) is 0 Å². The van der Waals surface area contributed by atoms with Gasteiger partial charge in [0, 0.05) is 19.1 Å². The lowest BCUT2D eigenvalue weighted by Crippen LogP contribution is -2.53. The number of rotatable bonds is 8. The van der Waals surface area contributed by atoms with Gasteiger partial charge in [-0.25, -0.2) is 0 Å². The Morgan fingerprint density at radius 2 is 1.85 bits per heavy atom. The van der Waals surface area contributed by atoms with Crippen LogP contribution in [0, 0.1) is 0 Å². The Balaban J connectivity index is 2.84. The van der Waals surface area contributed by atoms with E-state index in [-0.39, 0.29) is 6.61 Å². The summed E-state index contributed by atoms with van der Waals surface area (Å²) in [4.78, 5) is 4.50. The van der Waals surface area contributed by atoms with Crippen LogP contribution in [-0.2, 0) is 5.54 Å². The standard InChI is InChI=1S/C16H29N3O/c1-5-19(14(2)11-18(3)4)12-16(17,13-20)15-9-7-6-8-10-15/h6-10,14,20H,5,11-13,17H2,1-4H3. The van der Waals surface area contributed by atoms with Crippen molar-refractivity contribution in [3.8, 4) is 0 Å². The zero-order chi connectivity index (χ0) is 15.2. The van der Waals surface area contributed by atoms with Crippen molar-refractivity contribution in [2.24, 2.45) is 5.73 Å². The number of hydrogen-bond acceptors (Lipinski definition) is 4. The van der Waals surface area contributed by atoms with Crippen LogP contribution in [0.15, 0.2) is 30.3 Å². The number of benzene rings is 1. The highest BCUT2D eigenvalue weighted by Gasteiger charge is 2.30. The Hall–Kier alpha value is -0.940. The molecule has 0 aliphatic heterocycles. The molecule has 1 aromatic rings. The first-order valence-corrected chi connectivity index (χ1v) is 7.27. The SMILES string of the molecule is CCN(CC(N)(CO)c1ccccc1)C(C)CN(C)C. The van der Waals surface area contributed by atoms with Crippen molar-refractivity contribution >= 4 is 0 Å². The average molecular weight is 279 g/mol. The average Bonchev–Trinajstić information content (AvgIpc) is 2.44. The van der Waals surface area contributed by atoms with Gasteiger partial charge in [0.1, 0.15) is 0 Å². The molecule has 0 aromatic heterocycles. The summed E-state index contributed by atoms with van der Waals surface area (Å²) >= 11 is 0. The maximum absolute atomic E-state index is 9.78. The van der Waals surface area contributed by atoms with Crippen molar-refractivity contribution in [3.05, 3.63) is 35.9 Å². The van der Waals surface area contributed by atoms with Gasteiger partial charge in [0.15, 0.2) is 0 Å². The summed E-state index contributed by atoms with van der Waals surface area (Å²) in [7, 11) is 4.15. The maximum atomic E-state index is 9.78. The molecule has 2 atom stereocenters. The second-order valence-corrected chi connectivity index (χ2v) is 5.85. The normalized spacial score (nSPS) is 16.4. The predicted octanol–water partition coefficient (Wildman–Crippen LogP) is 1.10. The minimum Gasteiger partial charge on any atom is -0.394 e. The van der Waals surface area contributed by atoms with E-state index in [1.807, 2.05) is 30.3 Å². The van der Waals surface area contributed by atoms with Crippen molar-refractivity contribution in [2.75, 3.05) is 40.3 Å². The molecule has 1 rings (SSSR count). The molecule has 0 spiro atoms. The Bertz CT molecular complexity index is 383. The summed E-state index contributed by atoms with van der Waals surface area (Å²) < 4.78 is 0. The Kier molecular flexibility index (Phi) is 6.62. The van der Waals surface area contributed by atoms with Crippen LogP contribution in [0.25, 0.3) is 0 Å². The molecular weight excluding hydrogens is 250 g/mol. The fourth-order valence-electron chi connectivity index (χ4n) is 2.59. The fraction of sp³-hybridized carbons (Fsp3) is 0.625. The Morgan fingerprint density at radius 3 is 2.30 bits per heavy atom. The minimum atomic E-state index is -0.710. The fourth-order valence-corrected chi connectivity index (χ4v) is 2.59. The second-order valence-electron chi connectivity index (χ2n) is 5.85. The molecule has 0 amide bonds. The number of nitrogens with zero attached hydrogens (tertiary/aromatic N) is 2. The first kappa shape index (κ1) is 17.1. The highest BCUT2D eigenvalue weighted by atomic mass is 16.3. The zero-order valence-corrected chi connectivity index (χ0v) is 13.2. The molecule has 20 heavy (non-hydrogen) atoms. The Labute approximate surface area is 123 Å². The van der Waals surface area contributed by atoms with Gasteiger partial charge in [0.25, 0.3) is 0 Å². The number of aliphatic hydroxyl groups is 1. The monoisotopic (exact) mass is 279 g/mol. The lowest BCUT2D eigenvalue weighted by Gasteiger charge is -2.38. The van der Waals surface area contributed by atoms with Crippen molar-refractivity contribution in [3.63, 3.8) is 0 Å². The molecule has 0 saturated heterocycles. The van der Waals surface area contributed by atoms with Gasteiger partial charge in [-0.05, 0) is 33.1 Å². The molecule has 3 N–H and O–H groups in total. The molecule has 0 heterocycles. The lowest BCUT2D eigenvalue weighted by atomic mass is 9.90. The molecule has 1 aromatic carbocycles. The van der Waals surface area contributed by atoms with Gasteiger partial charge >= 0.3 is 0 Å². The summed E-state index contributed by atoms with van der Waals surface area (Å²) in [6.45, 7) is 6.83. The largest absolute Gasteiger partial charge is 0.394 e. The lowest BCUT2D eigenvalue weighted by molar-refractivity contribution is 0.105. The maximum Gasteiger partial charge on any atom is 0.0773 e. The third-order valence-electron chi connectivity index (χ3n) is 3.77. The topological polar surface area (TPSA) is 52.7 Å². The molecular formula is C16H29N3O. The van der Waals surface area contributed by atoms with Crippen LogP contribution in [0.5, 0.6) is 0 Å². The number of hydrogen-bond donors (Lipinski definition) is 2. The van der Waals surface area contributed by atoms with Gasteiger partial charge in [-0.15, -0.1) is 0 Å².